The van der Waals surface area contributed by atoms with Crippen LogP contribution in [0.1, 0.15) is 0 Å². The van der Waals surface area contributed by atoms with Crippen molar-refractivity contribution in [1.29, 1.82) is 0 Å². The zero-order valence-electron chi connectivity index (χ0n) is 40.6. The molecule has 6 aromatic heterocycles. The molecule has 0 unspecified atom stereocenters. The van der Waals surface area contributed by atoms with Crippen molar-refractivity contribution in [1.82, 2.24) is 29.9 Å². The van der Waals surface area contributed by atoms with Gasteiger partial charge in [0.05, 0.1) is 45.6 Å². The second kappa shape index (κ2) is 22.9. The van der Waals surface area contributed by atoms with E-state index in [0.29, 0.717) is 0 Å². The molecule has 0 amide bonds. The largest absolute Gasteiger partial charge is 0.399 e. The third kappa shape index (κ3) is 11.7. The van der Waals surface area contributed by atoms with Crippen molar-refractivity contribution >= 4 is 11.4 Å². The molecule has 0 spiro atoms. The Bertz CT molecular complexity index is 3470. The summed E-state index contributed by atoms with van der Waals surface area (Å²) in [6, 6.07) is 82.2. The first-order valence-corrected chi connectivity index (χ1v) is 24.3. The van der Waals surface area contributed by atoms with E-state index < -0.39 is 0 Å². The molecule has 0 atom stereocenters. The van der Waals surface area contributed by atoms with Crippen LogP contribution in [0.2, 0.25) is 0 Å². The van der Waals surface area contributed by atoms with E-state index in [1.807, 2.05) is 97.1 Å². The van der Waals surface area contributed by atoms with Crippen LogP contribution in [0, 0.1) is 0 Å². The van der Waals surface area contributed by atoms with Crippen LogP contribution in [0.3, 0.4) is 0 Å². The second-order valence-corrected chi connectivity index (χ2v) is 17.7. The van der Waals surface area contributed by atoms with Crippen LogP contribution in [0.5, 0.6) is 0 Å². The van der Waals surface area contributed by atoms with Crippen LogP contribution in [0.4, 0.5) is 11.4 Å². The van der Waals surface area contributed by atoms with Crippen molar-refractivity contribution in [3.8, 4) is 112 Å². The van der Waals surface area contributed by atoms with Gasteiger partial charge in [-0.25, -0.2) is 9.97 Å². The fourth-order valence-corrected chi connectivity index (χ4v) is 8.84. The number of pyridine rings is 6. The van der Waals surface area contributed by atoms with E-state index in [1.54, 1.807) is 24.8 Å². The fraction of sp³-hybridized carbons (Fsp3) is 0. The van der Waals surface area contributed by atoms with E-state index in [2.05, 4.69) is 166 Å². The van der Waals surface area contributed by atoms with Crippen molar-refractivity contribution in [3.05, 3.63) is 267 Å². The first kappa shape index (κ1) is 49.0. The zero-order chi connectivity index (χ0) is 50.1. The summed E-state index contributed by atoms with van der Waals surface area (Å²) in [5, 5.41) is 0. The molecule has 0 saturated heterocycles. The number of benzene rings is 6. The third-order valence-electron chi connectivity index (χ3n) is 12.6. The van der Waals surface area contributed by atoms with Crippen molar-refractivity contribution < 1.29 is 19.5 Å². The van der Waals surface area contributed by atoms with Crippen molar-refractivity contribution in [2.75, 3.05) is 11.5 Å². The summed E-state index contributed by atoms with van der Waals surface area (Å²) in [5.41, 5.74) is 33.4. The average molecular weight is 1050 g/mol. The summed E-state index contributed by atoms with van der Waals surface area (Å²) in [6.07, 6.45) is 7.16. The minimum Gasteiger partial charge on any atom is -0.399 e. The minimum atomic E-state index is 0. The molecule has 9 heteroatoms. The minimum absolute atomic E-state index is 0. The van der Waals surface area contributed by atoms with Gasteiger partial charge in [0.2, 0.25) is 0 Å². The Morgan fingerprint density at radius 1 is 0.200 bits per heavy atom. The zero-order valence-corrected chi connectivity index (χ0v) is 42.3. The number of nitrogen functional groups attached to an aromatic ring is 2. The molecule has 0 fully saturated rings. The molecule has 4 N–H and O–H groups in total. The van der Waals surface area contributed by atoms with Crippen LogP contribution >= 0.6 is 0 Å². The second-order valence-electron chi connectivity index (χ2n) is 17.7. The summed E-state index contributed by atoms with van der Waals surface area (Å²) in [7, 11) is 0. The Labute approximate surface area is 449 Å². The van der Waals surface area contributed by atoms with Gasteiger partial charge in [0.1, 0.15) is 0 Å². The molecule has 12 aromatic rings. The maximum absolute atomic E-state index is 5.88. The van der Waals surface area contributed by atoms with Crippen molar-refractivity contribution in [3.63, 3.8) is 0 Å². The maximum Gasteiger partial charge on any atom is 0.0900 e. The molecule has 8 nitrogen and oxygen atoms in total. The number of nitrogens with two attached hydrogens (primary N) is 2. The average Bonchev–Trinajstić information content (AvgIpc) is 3.48. The Morgan fingerprint density at radius 3 is 0.680 bits per heavy atom. The number of hydrogen-bond acceptors (Lipinski definition) is 8. The molecule has 6 aromatic carbocycles. The van der Waals surface area contributed by atoms with Gasteiger partial charge in [-0.05, 0) is 188 Å². The van der Waals surface area contributed by atoms with Gasteiger partial charge in [0.25, 0.3) is 0 Å². The molecule has 12 rings (SSSR count). The molecule has 0 aliphatic rings. The van der Waals surface area contributed by atoms with Crippen molar-refractivity contribution in [2.45, 2.75) is 0 Å². The molecule has 0 radical (unpaired) electrons. The molecule has 0 aliphatic carbocycles. The first-order chi connectivity index (χ1) is 36.5. The van der Waals surface area contributed by atoms with Crippen LogP contribution < -0.4 is 11.5 Å². The molecule has 0 bridgehead atoms. The van der Waals surface area contributed by atoms with Crippen LogP contribution in [-0.2, 0) is 19.5 Å². The number of hydrogen-bond donors (Lipinski definition) is 2. The van der Waals surface area contributed by atoms with E-state index >= 15 is 0 Å². The predicted molar refractivity (Wildman–Crippen MR) is 303 cm³/mol. The molecular formula is C66H48N8Ru. The summed E-state index contributed by atoms with van der Waals surface area (Å²) in [4.78, 5) is 27.9. The van der Waals surface area contributed by atoms with Gasteiger partial charge >= 0.3 is 0 Å². The summed E-state index contributed by atoms with van der Waals surface area (Å²) in [6.45, 7) is 0. The van der Waals surface area contributed by atoms with Gasteiger partial charge in [-0.15, -0.1) is 0 Å². The number of anilines is 2. The number of aromatic nitrogens is 6. The van der Waals surface area contributed by atoms with E-state index in [0.717, 1.165) is 124 Å². The van der Waals surface area contributed by atoms with Gasteiger partial charge in [-0.2, -0.15) is 0 Å². The Hall–Kier alpha value is -9.56. The van der Waals surface area contributed by atoms with Gasteiger partial charge in [-0.1, -0.05) is 121 Å². The molecule has 360 valence electrons. The quantitative estimate of drug-likeness (QED) is 0.102. The summed E-state index contributed by atoms with van der Waals surface area (Å²) >= 11 is 0. The monoisotopic (exact) mass is 1050 g/mol. The van der Waals surface area contributed by atoms with E-state index in [1.165, 1.54) is 0 Å². The van der Waals surface area contributed by atoms with Gasteiger partial charge in [-0.3, -0.25) is 19.9 Å². The number of rotatable bonds is 10. The standard InChI is InChI=1S/2C33H24N4.Ru/c2*34-29-15-13-23(14-16-29)24-7-5-8-25(19-24)26-9-6-10-27(20-26)28-21-32(30-11-1-3-17-35-30)37-33(22-28)31-12-2-4-18-36-31;/h2*1-22H,34H2;. The Kier molecular flexibility index (Phi) is 15.0. The number of nitrogens with zero attached hydrogens (tertiary/aromatic N) is 6. The molecule has 0 saturated carbocycles. The van der Waals surface area contributed by atoms with Crippen LogP contribution in [0.15, 0.2) is 267 Å². The van der Waals surface area contributed by atoms with Crippen molar-refractivity contribution in [2.24, 2.45) is 0 Å². The Morgan fingerprint density at radius 2 is 0.440 bits per heavy atom. The molecule has 6 heterocycles. The van der Waals surface area contributed by atoms with Gasteiger partial charge in [0.15, 0.2) is 0 Å². The smallest absolute Gasteiger partial charge is 0.0900 e. The summed E-state index contributed by atoms with van der Waals surface area (Å²) < 4.78 is 0. The Balaban J connectivity index is 0.000000169. The normalized spacial score (nSPS) is 10.7. The maximum atomic E-state index is 5.88. The van der Waals surface area contributed by atoms with Gasteiger partial charge < -0.3 is 11.5 Å². The SMILES string of the molecule is Nc1ccc(-c2cccc(-c3cccc(-c4cc(-c5ccccn5)nc(-c5ccccn5)c4)c3)c2)cc1.Nc1ccc(-c2cccc(-c3cccc(-c4cc(-c5ccccn5)nc(-c5ccccn5)c4)c3)c2)cc1.[Ru]. The summed E-state index contributed by atoms with van der Waals surface area (Å²) in [5.74, 6) is 0. The van der Waals surface area contributed by atoms with Crippen LogP contribution in [-0.4, -0.2) is 29.9 Å². The predicted octanol–water partition coefficient (Wildman–Crippen LogP) is 15.6. The van der Waals surface area contributed by atoms with Crippen LogP contribution in [0.25, 0.3) is 112 Å². The van der Waals surface area contributed by atoms with E-state index in [4.69, 9.17) is 21.4 Å². The first-order valence-electron chi connectivity index (χ1n) is 24.3. The molecular weight excluding hydrogens is 1010 g/mol. The fourth-order valence-electron chi connectivity index (χ4n) is 8.84. The third-order valence-corrected chi connectivity index (χ3v) is 12.6. The van der Waals surface area contributed by atoms with E-state index in [9.17, 15) is 0 Å². The molecule has 0 aliphatic heterocycles. The van der Waals surface area contributed by atoms with E-state index in [-0.39, 0.29) is 19.5 Å². The van der Waals surface area contributed by atoms with Gasteiger partial charge in [0, 0.05) is 55.6 Å². The molecule has 75 heavy (non-hydrogen) atoms. The topological polar surface area (TPSA) is 129 Å².